The van der Waals surface area contributed by atoms with Crippen molar-refractivity contribution in [1.82, 2.24) is 20.1 Å². The third-order valence-electron chi connectivity index (χ3n) is 4.30. The number of hydrogen-bond donors (Lipinski definition) is 1. The maximum absolute atomic E-state index is 12.2. The molecule has 7 heteroatoms. The van der Waals surface area contributed by atoms with Gasteiger partial charge in [0.15, 0.2) is 11.0 Å². The summed E-state index contributed by atoms with van der Waals surface area (Å²) in [6.07, 6.45) is 7.00. The van der Waals surface area contributed by atoms with Crippen molar-refractivity contribution >= 4 is 29.0 Å². The van der Waals surface area contributed by atoms with Crippen molar-refractivity contribution in [3.63, 3.8) is 0 Å². The first-order valence-corrected chi connectivity index (χ1v) is 11.0. The van der Waals surface area contributed by atoms with Crippen molar-refractivity contribution in [2.75, 3.05) is 5.75 Å². The van der Waals surface area contributed by atoms with Gasteiger partial charge in [-0.2, -0.15) is 0 Å². The van der Waals surface area contributed by atoms with Gasteiger partial charge in [0.2, 0.25) is 5.91 Å². The molecule has 1 amide bonds. The fourth-order valence-electron chi connectivity index (χ4n) is 2.83. The maximum atomic E-state index is 12.2. The van der Waals surface area contributed by atoms with Crippen LogP contribution in [0.25, 0.3) is 10.7 Å². The summed E-state index contributed by atoms with van der Waals surface area (Å²) < 4.78 is 2.22. The zero-order chi connectivity index (χ0) is 17.6. The Morgan fingerprint density at radius 3 is 2.96 bits per heavy atom. The van der Waals surface area contributed by atoms with E-state index in [-0.39, 0.29) is 11.9 Å². The highest BCUT2D eigenvalue weighted by atomic mass is 32.2. The molecule has 0 aromatic carbocycles. The van der Waals surface area contributed by atoms with E-state index in [1.807, 2.05) is 6.07 Å². The second-order valence-corrected chi connectivity index (χ2v) is 8.53. The van der Waals surface area contributed by atoms with E-state index in [1.54, 1.807) is 11.3 Å². The molecule has 0 aliphatic heterocycles. The molecule has 1 aliphatic carbocycles. The fraction of sp³-hybridized carbons (Fsp3) is 0.611. The molecule has 0 spiro atoms. The van der Waals surface area contributed by atoms with Gasteiger partial charge in [0, 0.05) is 12.1 Å². The highest BCUT2D eigenvalue weighted by Gasteiger charge is 2.30. The zero-order valence-corrected chi connectivity index (χ0v) is 16.5. The molecule has 136 valence electrons. The highest BCUT2D eigenvalue weighted by Crippen LogP contribution is 2.41. The molecule has 25 heavy (non-hydrogen) atoms. The van der Waals surface area contributed by atoms with Crippen molar-refractivity contribution in [2.24, 2.45) is 0 Å². The molecule has 2 heterocycles. The quantitative estimate of drug-likeness (QED) is 0.488. The van der Waals surface area contributed by atoms with Crippen LogP contribution in [0, 0.1) is 0 Å². The van der Waals surface area contributed by atoms with Crippen LogP contribution in [0.5, 0.6) is 0 Å². The van der Waals surface area contributed by atoms with Crippen LogP contribution < -0.4 is 5.32 Å². The van der Waals surface area contributed by atoms with Gasteiger partial charge in [-0.15, -0.1) is 21.5 Å². The number of thioether (sulfide) groups is 1. The molecule has 1 N–H and O–H groups in total. The second kappa shape index (κ2) is 8.85. The standard InChI is InChI=1S/C18H26N4OS2/c1-3-4-5-7-13(2)19-16(23)12-25-18-21-20-17(15-8-6-11-24-15)22(18)14-9-10-14/h6,8,11,13-14H,3-5,7,9-10,12H2,1-2H3,(H,19,23)/t13-/m0/s1. The summed E-state index contributed by atoms with van der Waals surface area (Å²) in [7, 11) is 0. The van der Waals surface area contributed by atoms with E-state index in [0.29, 0.717) is 11.8 Å². The van der Waals surface area contributed by atoms with Crippen molar-refractivity contribution in [1.29, 1.82) is 0 Å². The molecule has 1 fully saturated rings. The smallest absolute Gasteiger partial charge is 0.230 e. The van der Waals surface area contributed by atoms with Crippen molar-refractivity contribution in [2.45, 2.75) is 69.6 Å². The van der Waals surface area contributed by atoms with Crippen molar-refractivity contribution in [3.05, 3.63) is 17.5 Å². The normalized spacial score (nSPS) is 15.3. The molecule has 1 aliphatic rings. The first-order valence-electron chi connectivity index (χ1n) is 9.10. The molecule has 1 saturated carbocycles. The van der Waals surface area contributed by atoms with Crippen LogP contribution in [0.15, 0.2) is 22.7 Å². The topological polar surface area (TPSA) is 59.8 Å². The fourth-order valence-corrected chi connectivity index (χ4v) is 4.35. The molecule has 5 nitrogen and oxygen atoms in total. The number of hydrogen-bond acceptors (Lipinski definition) is 5. The minimum absolute atomic E-state index is 0.0806. The molecular formula is C18H26N4OS2. The number of amides is 1. The molecule has 0 bridgehead atoms. The lowest BCUT2D eigenvalue weighted by Gasteiger charge is -2.13. The van der Waals surface area contributed by atoms with Gasteiger partial charge in [-0.3, -0.25) is 9.36 Å². The summed E-state index contributed by atoms with van der Waals surface area (Å²) in [5.41, 5.74) is 0. The van der Waals surface area contributed by atoms with Crippen LogP contribution in [0.1, 0.15) is 58.4 Å². The Balaban J connectivity index is 1.56. The largest absolute Gasteiger partial charge is 0.353 e. The minimum atomic E-state index is 0.0806. The van der Waals surface area contributed by atoms with E-state index >= 15 is 0 Å². The van der Waals surface area contributed by atoms with Gasteiger partial charge < -0.3 is 5.32 Å². The summed E-state index contributed by atoms with van der Waals surface area (Å²) in [5, 5.41) is 14.7. The van der Waals surface area contributed by atoms with Gasteiger partial charge in [0.25, 0.3) is 0 Å². The Bertz CT molecular complexity index is 679. The summed E-state index contributed by atoms with van der Waals surface area (Å²) in [5.74, 6) is 1.42. The number of carbonyl (C=O) groups is 1. The van der Waals surface area contributed by atoms with Crippen LogP contribution in [-0.2, 0) is 4.79 Å². The first-order chi connectivity index (χ1) is 12.2. The third kappa shape index (κ3) is 5.07. The molecular weight excluding hydrogens is 352 g/mol. The predicted octanol–water partition coefficient (Wildman–Crippen LogP) is 4.52. The molecule has 2 aromatic rings. The maximum Gasteiger partial charge on any atom is 0.230 e. The van der Waals surface area contributed by atoms with Crippen molar-refractivity contribution in [3.8, 4) is 10.7 Å². The van der Waals surface area contributed by atoms with Crippen molar-refractivity contribution < 1.29 is 4.79 Å². The zero-order valence-electron chi connectivity index (χ0n) is 14.9. The molecule has 0 radical (unpaired) electrons. The Labute approximate surface area is 157 Å². The molecule has 0 unspecified atom stereocenters. The molecule has 0 saturated heterocycles. The summed E-state index contributed by atoms with van der Waals surface area (Å²) in [6.45, 7) is 4.28. The Morgan fingerprint density at radius 2 is 2.28 bits per heavy atom. The number of nitrogens with zero attached hydrogens (tertiary/aromatic N) is 3. The predicted molar refractivity (Wildman–Crippen MR) is 104 cm³/mol. The highest BCUT2D eigenvalue weighted by molar-refractivity contribution is 7.99. The summed E-state index contributed by atoms with van der Waals surface area (Å²) >= 11 is 3.17. The van der Waals surface area contributed by atoms with Crippen LogP contribution in [-0.4, -0.2) is 32.5 Å². The van der Waals surface area contributed by atoms with E-state index < -0.39 is 0 Å². The Kier molecular flexibility index (Phi) is 6.53. The lowest BCUT2D eigenvalue weighted by molar-refractivity contribution is -0.119. The lowest BCUT2D eigenvalue weighted by Crippen LogP contribution is -2.33. The van der Waals surface area contributed by atoms with E-state index in [9.17, 15) is 4.79 Å². The second-order valence-electron chi connectivity index (χ2n) is 6.64. The first kappa shape index (κ1) is 18.5. The van der Waals surface area contributed by atoms with Gasteiger partial charge >= 0.3 is 0 Å². The van der Waals surface area contributed by atoms with Gasteiger partial charge in [-0.05, 0) is 37.6 Å². The van der Waals surface area contributed by atoms with Crippen LogP contribution in [0.2, 0.25) is 0 Å². The summed E-state index contributed by atoms with van der Waals surface area (Å²) in [4.78, 5) is 13.3. The number of thiophene rings is 1. The Hall–Kier alpha value is -1.34. The number of rotatable bonds is 10. The van der Waals surface area contributed by atoms with E-state index in [2.05, 4.69) is 45.4 Å². The number of nitrogens with one attached hydrogen (secondary N) is 1. The number of carbonyl (C=O) groups excluding carboxylic acids is 1. The average molecular weight is 379 g/mol. The molecule has 2 aromatic heterocycles. The monoisotopic (exact) mass is 378 g/mol. The van der Waals surface area contributed by atoms with Gasteiger partial charge in [0.1, 0.15) is 0 Å². The summed E-state index contributed by atoms with van der Waals surface area (Å²) in [6, 6.07) is 4.84. The van der Waals surface area contributed by atoms with Gasteiger partial charge in [-0.1, -0.05) is 44.0 Å². The Morgan fingerprint density at radius 1 is 1.44 bits per heavy atom. The lowest BCUT2D eigenvalue weighted by atomic mass is 10.1. The van der Waals surface area contributed by atoms with Crippen LogP contribution in [0.4, 0.5) is 0 Å². The average Bonchev–Trinajstić information content (AvgIpc) is 3.11. The SMILES string of the molecule is CCCCC[C@H](C)NC(=O)CSc1nnc(-c2cccs2)n1C1CC1. The van der Waals surface area contributed by atoms with E-state index in [1.165, 1.54) is 43.9 Å². The number of aromatic nitrogens is 3. The molecule has 1 atom stereocenters. The van der Waals surface area contributed by atoms with Crippen LogP contribution >= 0.6 is 23.1 Å². The number of unbranched alkanes of at least 4 members (excludes halogenated alkanes) is 2. The van der Waals surface area contributed by atoms with Crippen LogP contribution in [0.3, 0.4) is 0 Å². The third-order valence-corrected chi connectivity index (χ3v) is 6.11. The minimum Gasteiger partial charge on any atom is -0.353 e. The van der Waals surface area contributed by atoms with Gasteiger partial charge in [-0.25, -0.2) is 0 Å². The van der Waals surface area contributed by atoms with E-state index in [4.69, 9.17) is 0 Å². The molecule has 3 rings (SSSR count). The van der Waals surface area contributed by atoms with Gasteiger partial charge in [0.05, 0.1) is 10.6 Å². The van der Waals surface area contributed by atoms with E-state index in [0.717, 1.165) is 22.3 Å².